The largest absolute Gasteiger partial charge is 0.444 e. The highest BCUT2D eigenvalue weighted by Gasteiger charge is 2.25. The maximum atomic E-state index is 13.3. The average Bonchev–Trinajstić information content (AvgIpc) is 2.76. The summed E-state index contributed by atoms with van der Waals surface area (Å²) in [7, 11) is 0. The number of amides is 2. The van der Waals surface area contributed by atoms with Gasteiger partial charge in [-0.15, -0.1) is 0 Å². The lowest BCUT2D eigenvalue weighted by Gasteiger charge is -2.37. The van der Waals surface area contributed by atoms with E-state index >= 15 is 0 Å². The van der Waals surface area contributed by atoms with E-state index in [0.29, 0.717) is 45.0 Å². The van der Waals surface area contributed by atoms with Gasteiger partial charge in [-0.3, -0.25) is 9.80 Å². The molecule has 1 N–H and O–H groups in total. The number of nitrogens with one attached hydrogen (secondary N) is 1. The third-order valence-electron chi connectivity index (χ3n) is 4.78. The third-order valence-corrected chi connectivity index (χ3v) is 4.78. The van der Waals surface area contributed by atoms with Gasteiger partial charge < -0.3 is 14.8 Å². The number of rotatable bonds is 6. The molecule has 1 heterocycles. The third kappa shape index (κ3) is 7.08. The number of benzene rings is 2. The summed E-state index contributed by atoms with van der Waals surface area (Å²) in [5.74, 6) is -0.0580. The molecule has 1 aliphatic rings. The van der Waals surface area contributed by atoms with Crippen LogP contribution in [0.1, 0.15) is 42.3 Å². The first-order chi connectivity index (χ1) is 14.8. The highest BCUT2D eigenvalue weighted by atomic mass is 16.6. The minimum atomic E-state index is -0.540. The molecule has 3 rings (SSSR count). The number of alkyl carbamates (subject to hydrolysis) is 1. The van der Waals surface area contributed by atoms with E-state index in [2.05, 4.69) is 10.3 Å². The van der Waals surface area contributed by atoms with Crippen LogP contribution in [0.5, 0.6) is 0 Å². The fourth-order valence-electron chi connectivity index (χ4n) is 3.25. The molecule has 31 heavy (non-hydrogen) atoms. The standard InChI is InChI=1S/C24H31N3O4/c1-24(2,3)31-23(29)25-17-19-9-11-21(12-10-19)22(28)27(26-13-15-30-16-14-26)18-20-7-5-4-6-8-20/h4-12H,13-18H2,1-3H3,(H,25,29). The van der Waals surface area contributed by atoms with Gasteiger partial charge in [0, 0.05) is 25.2 Å². The van der Waals surface area contributed by atoms with Crippen molar-refractivity contribution in [3.63, 3.8) is 0 Å². The smallest absolute Gasteiger partial charge is 0.407 e. The highest BCUT2D eigenvalue weighted by Crippen LogP contribution is 2.16. The van der Waals surface area contributed by atoms with Crippen LogP contribution in [-0.4, -0.2) is 53.9 Å². The Morgan fingerprint density at radius 3 is 2.26 bits per heavy atom. The van der Waals surface area contributed by atoms with E-state index in [1.807, 2.05) is 63.2 Å². The Labute approximate surface area is 183 Å². The number of carbonyl (C=O) groups is 2. The molecular weight excluding hydrogens is 394 g/mol. The summed E-state index contributed by atoms with van der Waals surface area (Å²) in [6.45, 7) is 8.87. The summed E-state index contributed by atoms with van der Waals surface area (Å²) < 4.78 is 10.7. The van der Waals surface area contributed by atoms with E-state index < -0.39 is 11.7 Å². The zero-order chi connectivity index (χ0) is 22.3. The number of morpholine rings is 1. The number of hydrazine groups is 1. The second-order valence-corrected chi connectivity index (χ2v) is 8.47. The van der Waals surface area contributed by atoms with E-state index in [1.54, 1.807) is 17.1 Å². The minimum Gasteiger partial charge on any atom is -0.444 e. The summed E-state index contributed by atoms with van der Waals surface area (Å²) in [6.07, 6.45) is -0.464. The molecule has 0 bridgehead atoms. The molecule has 0 radical (unpaired) electrons. The first-order valence-corrected chi connectivity index (χ1v) is 10.6. The Morgan fingerprint density at radius 1 is 1.00 bits per heavy atom. The van der Waals surface area contributed by atoms with Crippen molar-refractivity contribution in [3.8, 4) is 0 Å². The number of ether oxygens (including phenoxy) is 2. The lowest BCUT2D eigenvalue weighted by atomic mass is 10.1. The van der Waals surface area contributed by atoms with Crippen LogP contribution in [0, 0.1) is 0 Å². The normalized spacial score (nSPS) is 14.7. The molecule has 1 aliphatic heterocycles. The van der Waals surface area contributed by atoms with Gasteiger partial charge >= 0.3 is 6.09 Å². The van der Waals surface area contributed by atoms with Crippen LogP contribution in [0.4, 0.5) is 4.79 Å². The molecule has 0 aromatic heterocycles. The van der Waals surface area contributed by atoms with Crippen LogP contribution in [0.25, 0.3) is 0 Å². The van der Waals surface area contributed by atoms with E-state index in [-0.39, 0.29) is 5.91 Å². The van der Waals surface area contributed by atoms with Crippen LogP contribution in [0.3, 0.4) is 0 Å². The van der Waals surface area contributed by atoms with E-state index in [9.17, 15) is 9.59 Å². The van der Waals surface area contributed by atoms with Crippen LogP contribution < -0.4 is 5.32 Å². The maximum absolute atomic E-state index is 13.3. The first kappa shape index (κ1) is 22.8. The average molecular weight is 426 g/mol. The van der Waals surface area contributed by atoms with Crippen molar-refractivity contribution in [2.24, 2.45) is 0 Å². The van der Waals surface area contributed by atoms with Crippen molar-refractivity contribution in [1.82, 2.24) is 15.3 Å². The van der Waals surface area contributed by atoms with Gasteiger partial charge in [0.15, 0.2) is 0 Å². The minimum absolute atomic E-state index is 0.0580. The molecular formula is C24H31N3O4. The Balaban J connectivity index is 1.67. The molecule has 166 valence electrons. The molecule has 0 spiro atoms. The molecule has 0 unspecified atom stereocenters. The van der Waals surface area contributed by atoms with Crippen molar-refractivity contribution < 1.29 is 19.1 Å². The maximum Gasteiger partial charge on any atom is 0.407 e. The molecule has 0 atom stereocenters. The zero-order valence-electron chi connectivity index (χ0n) is 18.5. The van der Waals surface area contributed by atoms with Gasteiger partial charge in [-0.1, -0.05) is 42.5 Å². The van der Waals surface area contributed by atoms with Crippen LogP contribution in [-0.2, 0) is 22.6 Å². The predicted molar refractivity (Wildman–Crippen MR) is 118 cm³/mol. The Kier molecular flexibility index (Phi) is 7.65. The SMILES string of the molecule is CC(C)(C)OC(=O)NCc1ccc(C(=O)N(Cc2ccccc2)N2CCOCC2)cc1. The van der Waals surface area contributed by atoms with Gasteiger partial charge in [0.1, 0.15) is 5.60 Å². The molecule has 1 saturated heterocycles. The summed E-state index contributed by atoms with van der Waals surface area (Å²) in [6, 6.07) is 17.3. The van der Waals surface area contributed by atoms with Gasteiger partial charge in [-0.2, -0.15) is 0 Å². The van der Waals surface area contributed by atoms with Gasteiger partial charge in [-0.05, 0) is 44.0 Å². The molecule has 2 amide bonds. The van der Waals surface area contributed by atoms with E-state index in [4.69, 9.17) is 9.47 Å². The Bertz CT molecular complexity index is 857. The van der Waals surface area contributed by atoms with Gasteiger partial charge in [0.05, 0.1) is 19.8 Å². The highest BCUT2D eigenvalue weighted by molar-refractivity contribution is 5.94. The van der Waals surface area contributed by atoms with E-state index in [0.717, 1.165) is 11.1 Å². The lowest BCUT2D eigenvalue weighted by molar-refractivity contribution is -0.0739. The number of carbonyl (C=O) groups excluding carboxylic acids is 2. The van der Waals surface area contributed by atoms with Crippen LogP contribution in [0.2, 0.25) is 0 Å². The quantitative estimate of drug-likeness (QED) is 0.766. The molecule has 0 saturated carbocycles. The Hall–Kier alpha value is -2.90. The predicted octanol–water partition coefficient (Wildman–Crippen LogP) is 3.60. The molecule has 2 aromatic rings. The number of hydrogen-bond acceptors (Lipinski definition) is 5. The van der Waals surface area contributed by atoms with Crippen molar-refractivity contribution in [2.45, 2.75) is 39.5 Å². The lowest BCUT2D eigenvalue weighted by Crippen LogP contribution is -2.51. The summed E-state index contributed by atoms with van der Waals surface area (Å²) in [5.41, 5.74) is 2.02. The van der Waals surface area contributed by atoms with Crippen LogP contribution in [0.15, 0.2) is 54.6 Å². The summed E-state index contributed by atoms with van der Waals surface area (Å²) in [4.78, 5) is 25.2. The second kappa shape index (κ2) is 10.4. The van der Waals surface area contributed by atoms with Gasteiger partial charge in [0.25, 0.3) is 5.91 Å². The molecule has 0 aliphatic carbocycles. The molecule has 7 heteroatoms. The van der Waals surface area contributed by atoms with Crippen molar-refractivity contribution >= 4 is 12.0 Å². The molecule has 2 aromatic carbocycles. The van der Waals surface area contributed by atoms with Crippen molar-refractivity contribution in [1.29, 1.82) is 0 Å². The first-order valence-electron chi connectivity index (χ1n) is 10.6. The zero-order valence-corrected chi connectivity index (χ0v) is 18.5. The molecule has 7 nitrogen and oxygen atoms in total. The van der Waals surface area contributed by atoms with Crippen molar-refractivity contribution in [2.75, 3.05) is 26.3 Å². The van der Waals surface area contributed by atoms with E-state index in [1.165, 1.54) is 0 Å². The number of nitrogens with zero attached hydrogens (tertiary/aromatic N) is 2. The monoisotopic (exact) mass is 425 g/mol. The van der Waals surface area contributed by atoms with Crippen LogP contribution >= 0.6 is 0 Å². The van der Waals surface area contributed by atoms with Gasteiger partial charge in [0.2, 0.25) is 0 Å². The topological polar surface area (TPSA) is 71.1 Å². The second-order valence-electron chi connectivity index (χ2n) is 8.47. The Morgan fingerprint density at radius 2 is 1.65 bits per heavy atom. The molecule has 1 fully saturated rings. The van der Waals surface area contributed by atoms with Crippen molar-refractivity contribution in [3.05, 3.63) is 71.3 Å². The number of hydrogen-bond donors (Lipinski definition) is 1. The fraction of sp³-hybridized carbons (Fsp3) is 0.417. The summed E-state index contributed by atoms with van der Waals surface area (Å²) in [5, 5.41) is 6.58. The fourth-order valence-corrected chi connectivity index (χ4v) is 3.25. The summed E-state index contributed by atoms with van der Waals surface area (Å²) >= 11 is 0. The van der Waals surface area contributed by atoms with Gasteiger partial charge in [-0.25, -0.2) is 9.80 Å².